The standard InChI is InChI=1S/C15H11F3N4O4S/c1-8-6-10(22(23)24)3-5-13(8)27(25,26)21-14-19-11-4-2-9(15(16,17)18)7-12(11)20-14/h2-7H,1H3,(H2,19,20,21). The van der Waals surface area contributed by atoms with Gasteiger partial charge in [-0.25, -0.2) is 18.1 Å². The first-order chi connectivity index (χ1) is 12.5. The number of fused-ring (bicyclic) bond motifs is 1. The molecule has 8 nitrogen and oxygen atoms in total. The van der Waals surface area contributed by atoms with Gasteiger partial charge in [0.1, 0.15) is 0 Å². The number of halogens is 3. The van der Waals surface area contributed by atoms with E-state index in [0.29, 0.717) is 0 Å². The third kappa shape index (κ3) is 3.69. The molecule has 0 radical (unpaired) electrons. The number of non-ortho nitro benzene ring substituents is 1. The molecule has 0 saturated carbocycles. The Morgan fingerprint density at radius 2 is 1.89 bits per heavy atom. The van der Waals surface area contributed by atoms with Crippen molar-refractivity contribution >= 4 is 32.7 Å². The fourth-order valence-electron chi connectivity index (χ4n) is 2.46. The largest absolute Gasteiger partial charge is 0.416 e. The SMILES string of the molecule is Cc1cc([N+](=O)[O-])ccc1S(=O)(=O)Nc1nc2cc(C(F)(F)F)ccc2[nH]1. The van der Waals surface area contributed by atoms with Crippen molar-refractivity contribution < 1.29 is 26.5 Å². The van der Waals surface area contributed by atoms with Crippen molar-refractivity contribution in [3.8, 4) is 0 Å². The zero-order valence-electron chi connectivity index (χ0n) is 13.5. The highest BCUT2D eigenvalue weighted by atomic mass is 32.2. The number of imidazole rings is 1. The van der Waals surface area contributed by atoms with Crippen LogP contribution in [-0.2, 0) is 16.2 Å². The average Bonchev–Trinajstić information content (AvgIpc) is 2.93. The predicted octanol–water partition coefficient (Wildman–Crippen LogP) is 3.60. The van der Waals surface area contributed by atoms with E-state index < -0.39 is 26.7 Å². The van der Waals surface area contributed by atoms with E-state index in [-0.39, 0.29) is 33.1 Å². The molecule has 0 unspecified atom stereocenters. The van der Waals surface area contributed by atoms with E-state index in [0.717, 1.165) is 36.4 Å². The molecule has 1 heterocycles. The summed E-state index contributed by atoms with van der Waals surface area (Å²) in [6.45, 7) is 1.38. The minimum Gasteiger partial charge on any atom is -0.323 e. The highest BCUT2D eigenvalue weighted by Crippen LogP contribution is 2.31. The summed E-state index contributed by atoms with van der Waals surface area (Å²) < 4.78 is 65.4. The zero-order chi connectivity index (χ0) is 20.0. The Bertz CT molecular complexity index is 1160. The lowest BCUT2D eigenvalue weighted by Gasteiger charge is -2.08. The number of hydrogen-bond donors (Lipinski definition) is 2. The zero-order valence-corrected chi connectivity index (χ0v) is 14.4. The molecule has 3 aromatic rings. The van der Waals surface area contributed by atoms with Crippen LogP contribution in [0, 0.1) is 17.0 Å². The first-order valence-corrected chi connectivity index (χ1v) is 8.80. The van der Waals surface area contributed by atoms with Crippen molar-refractivity contribution in [3.63, 3.8) is 0 Å². The van der Waals surface area contributed by atoms with Crippen LogP contribution in [0.3, 0.4) is 0 Å². The first-order valence-electron chi connectivity index (χ1n) is 7.32. The lowest BCUT2D eigenvalue weighted by atomic mass is 10.2. The fourth-order valence-corrected chi connectivity index (χ4v) is 3.65. The number of hydrogen-bond acceptors (Lipinski definition) is 5. The van der Waals surface area contributed by atoms with Gasteiger partial charge in [0.05, 0.1) is 26.4 Å². The number of aryl methyl sites for hydroxylation is 1. The van der Waals surface area contributed by atoms with Crippen LogP contribution >= 0.6 is 0 Å². The van der Waals surface area contributed by atoms with Gasteiger partial charge >= 0.3 is 6.18 Å². The maximum atomic E-state index is 12.8. The maximum absolute atomic E-state index is 12.8. The van der Waals surface area contributed by atoms with Crippen molar-refractivity contribution in [3.05, 3.63) is 57.6 Å². The van der Waals surface area contributed by atoms with Crippen LogP contribution in [0.2, 0.25) is 0 Å². The molecule has 0 saturated heterocycles. The summed E-state index contributed by atoms with van der Waals surface area (Å²) in [7, 11) is -4.16. The van der Waals surface area contributed by atoms with Crippen molar-refractivity contribution in [2.45, 2.75) is 18.0 Å². The third-order valence-electron chi connectivity index (χ3n) is 3.70. The van der Waals surface area contributed by atoms with E-state index in [4.69, 9.17) is 0 Å². The predicted molar refractivity (Wildman–Crippen MR) is 89.7 cm³/mol. The minimum absolute atomic E-state index is 0.0667. The van der Waals surface area contributed by atoms with E-state index >= 15 is 0 Å². The molecule has 0 aliphatic heterocycles. The summed E-state index contributed by atoms with van der Waals surface area (Å²) in [6, 6.07) is 5.99. The lowest BCUT2D eigenvalue weighted by molar-refractivity contribution is -0.385. The number of anilines is 1. The molecular weight excluding hydrogens is 389 g/mol. The molecule has 12 heteroatoms. The molecule has 2 N–H and O–H groups in total. The van der Waals surface area contributed by atoms with Gasteiger partial charge < -0.3 is 4.98 Å². The van der Waals surface area contributed by atoms with E-state index in [2.05, 4.69) is 14.7 Å². The molecule has 0 atom stereocenters. The van der Waals surface area contributed by atoms with Crippen LogP contribution < -0.4 is 4.72 Å². The van der Waals surface area contributed by atoms with Gasteiger partial charge in [0.25, 0.3) is 15.7 Å². The molecular formula is C15H11F3N4O4S. The average molecular weight is 400 g/mol. The van der Waals surface area contributed by atoms with Crippen LogP contribution in [-0.4, -0.2) is 23.3 Å². The van der Waals surface area contributed by atoms with Crippen LogP contribution in [0.5, 0.6) is 0 Å². The van der Waals surface area contributed by atoms with E-state index in [1.165, 1.54) is 6.92 Å². The molecule has 0 fully saturated rings. The normalized spacial score (nSPS) is 12.3. The molecule has 2 aromatic carbocycles. The number of nitro groups is 1. The summed E-state index contributed by atoms with van der Waals surface area (Å²) in [6.07, 6.45) is -4.55. The van der Waals surface area contributed by atoms with Crippen molar-refractivity contribution in [2.75, 3.05) is 4.72 Å². The molecule has 0 amide bonds. The van der Waals surface area contributed by atoms with Crippen LogP contribution in [0.25, 0.3) is 11.0 Å². The van der Waals surface area contributed by atoms with Crippen molar-refractivity contribution in [2.24, 2.45) is 0 Å². The number of aromatic amines is 1. The number of rotatable bonds is 4. The molecule has 142 valence electrons. The number of nitrogens with zero attached hydrogens (tertiary/aromatic N) is 2. The number of aromatic nitrogens is 2. The Morgan fingerprint density at radius 3 is 2.48 bits per heavy atom. The molecule has 0 bridgehead atoms. The van der Waals surface area contributed by atoms with Crippen molar-refractivity contribution in [1.29, 1.82) is 0 Å². The number of H-pyrrole nitrogens is 1. The summed E-state index contributed by atoms with van der Waals surface area (Å²) in [5.41, 5.74) is -0.909. The second-order valence-electron chi connectivity index (χ2n) is 5.63. The summed E-state index contributed by atoms with van der Waals surface area (Å²) in [5, 5.41) is 10.7. The molecule has 1 aromatic heterocycles. The number of nitrogens with one attached hydrogen (secondary N) is 2. The van der Waals surface area contributed by atoms with Gasteiger partial charge in [-0.3, -0.25) is 10.1 Å². The molecule has 3 rings (SSSR count). The van der Waals surface area contributed by atoms with E-state index in [1.54, 1.807) is 0 Å². The van der Waals surface area contributed by atoms with Crippen LogP contribution in [0.1, 0.15) is 11.1 Å². The van der Waals surface area contributed by atoms with Gasteiger partial charge in [-0.05, 0) is 36.8 Å². The van der Waals surface area contributed by atoms with Gasteiger partial charge in [0.2, 0.25) is 5.95 Å². The quantitative estimate of drug-likeness (QED) is 0.512. The van der Waals surface area contributed by atoms with Gasteiger partial charge in [0.15, 0.2) is 0 Å². The Kier molecular flexibility index (Phi) is 4.30. The van der Waals surface area contributed by atoms with Crippen molar-refractivity contribution in [1.82, 2.24) is 9.97 Å². The smallest absolute Gasteiger partial charge is 0.323 e. The first kappa shape index (κ1) is 18.6. The lowest BCUT2D eigenvalue weighted by Crippen LogP contribution is -2.15. The van der Waals surface area contributed by atoms with Crippen LogP contribution in [0.4, 0.5) is 24.8 Å². The topological polar surface area (TPSA) is 118 Å². The summed E-state index contributed by atoms with van der Waals surface area (Å²) in [5.74, 6) is -0.276. The highest BCUT2D eigenvalue weighted by molar-refractivity contribution is 7.92. The summed E-state index contributed by atoms with van der Waals surface area (Å²) >= 11 is 0. The third-order valence-corrected chi connectivity index (χ3v) is 5.20. The van der Waals surface area contributed by atoms with Gasteiger partial charge in [-0.2, -0.15) is 13.2 Å². The van der Waals surface area contributed by atoms with Gasteiger partial charge in [-0.15, -0.1) is 0 Å². The Hall–Kier alpha value is -3.15. The molecule has 27 heavy (non-hydrogen) atoms. The van der Waals surface area contributed by atoms with E-state index in [1.807, 2.05) is 0 Å². The summed E-state index contributed by atoms with van der Waals surface area (Å²) in [4.78, 5) is 16.3. The Labute approximate surface area is 150 Å². The number of nitro benzene ring substituents is 1. The molecule has 0 aliphatic carbocycles. The second kappa shape index (κ2) is 6.23. The second-order valence-corrected chi connectivity index (χ2v) is 7.28. The maximum Gasteiger partial charge on any atom is 0.416 e. The molecule has 0 aliphatic rings. The molecule has 0 spiro atoms. The number of alkyl halides is 3. The van der Waals surface area contributed by atoms with E-state index in [9.17, 15) is 31.7 Å². The Morgan fingerprint density at radius 1 is 1.19 bits per heavy atom. The minimum atomic E-state index is -4.55. The Balaban J connectivity index is 1.95. The van der Waals surface area contributed by atoms with Crippen LogP contribution in [0.15, 0.2) is 41.3 Å². The number of sulfonamides is 1. The number of benzene rings is 2. The monoisotopic (exact) mass is 400 g/mol. The fraction of sp³-hybridized carbons (Fsp3) is 0.133. The highest BCUT2D eigenvalue weighted by Gasteiger charge is 2.31. The van der Waals surface area contributed by atoms with Gasteiger partial charge in [0, 0.05) is 12.1 Å². The van der Waals surface area contributed by atoms with Gasteiger partial charge in [-0.1, -0.05) is 0 Å².